The van der Waals surface area contributed by atoms with Crippen LogP contribution in [0.1, 0.15) is 39.3 Å². The summed E-state index contributed by atoms with van der Waals surface area (Å²) in [6.07, 6.45) is 1.74. The molecular formula is C21H22N2O5. The van der Waals surface area contributed by atoms with Crippen LogP contribution in [-0.2, 0) is 11.2 Å². The first-order chi connectivity index (χ1) is 13.6. The molecule has 0 bridgehead atoms. The van der Waals surface area contributed by atoms with E-state index in [9.17, 15) is 14.4 Å². The summed E-state index contributed by atoms with van der Waals surface area (Å²) in [5.41, 5.74) is 1.40. The zero-order valence-corrected chi connectivity index (χ0v) is 15.8. The monoisotopic (exact) mass is 382 g/mol. The zero-order chi connectivity index (χ0) is 19.7. The Morgan fingerprint density at radius 3 is 2.46 bits per heavy atom. The molecule has 0 unspecified atom stereocenters. The highest BCUT2D eigenvalue weighted by molar-refractivity contribution is 6.02. The molecule has 7 heteroatoms. The topological polar surface area (TPSA) is 77.8 Å². The molecule has 146 valence electrons. The summed E-state index contributed by atoms with van der Waals surface area (Å²) in [6, 6.07) is 8.55. The molecule has 1 aromatic carbocycles. The average molecular weight is 382 g/mol. The van der Waals surface area contributed by atoms with Gasteiger partial charge in [-0.2, -0.15) is 0 Å². The highest BCUT2D eigenvalue weighted by Gasteiger charge is 2.28. The van der Waals surface area contributed by atoms with E-state index in [1.165, 1.54) is 10.6 Å². The normalized spacial score (nSPS) is 16.6. The standard InChI is InChI=1S/C21H22N2O5/c1-27-15-7-5-14(6-8-15)23-18-3-2-4-19(24)16(18)13-17(21(23)26)20(25)22-9-11-28-12-10-22/h5-8,13H,2-4,9-12H2,1H3. The van der Waals surface area contributed by atoms with Crippen LogP contribution in [0.2, 0.25) is 0 Å². The molecule has 1 saturated heterocycles. The molecule has 1 fully saturated rings. The van der Waals surface area contributed by atoms with Crippen LogP contribution in [-0.4, -0.2) is 54.6 Å². The van der Waals surface area contributed by atoms with Crippen molar-refractivity contribution in [2.75, 3.05) is 33.4 Å². The maximum atomic E-state index is 13.3. The van der Waals surface area contributed by atoms with Crippen molar-refractivity contribution in [3.8, 4) is 11.4 Å². The molecule has 1 aliphatic heterocycles. The lowest BCUT2D eigenvalue weighted by Crippen LogP contribution is -2.44. The summed E-state index contributed by atoms with van der Waals surface area (Å²) in [5.74, 6) is 0.290. The number of rotatable bonds is 3. The first kappa shape index (κ1) is 18.4. The fourth-order valence-corrected chi connectivity index (χ4v) is 3.79. The minimum atomic E-state index is -0.393. The molecule has 0 atom stereocenters. The molecule has 2 aromatic rings. The van der Waals surface area contributed by atoms with E-state index in [0.29, 0.717) is 68.3 Å². The molecule has 28 heavy (non-hydrogen) atoms. The maximum Gasteiger partial charge on any atom is 0.268 e. The Hall–Kier alpha value is -2.93. The number of fused-ring (bicyclic) bond motifs is 1. The SMILES string of the molecule is COc1ccc(-n2c3c(cc(C(=O)N4CCOCC4)c2=O)C(=O)CCC3)cc1. The van der Waals surface area contributed by atoms with Gasteiger partial charge in [-0.25, -0.2) is 0 Å². The summed E-state index contributed by atoms with van der Waals surface area (Å²) >= 11 is 0. The number of benzene rings is 1. The van der Waals surface area contributed by atoms with Gasteiger partial charge in [0.05, 0.1) is 20.3 Å². The number of pyridine rings is 1. The Morgan fingerprint density at radius 1 is 1.07 bits per heavy atom. The highest BCUT2D eigenvalue weighted by atomic mass is 16.5. The van der Waals surface area contributed by atoms with E-state index in [2.05, 4.69) is 0 Å². The molecule has 4 rings (SSSR count). The number of hydrogen-bond acceptors (Lipinski definition) is 5. The van der Waals surface area contributed by atoms with Gasteiger partial charge in [0, 0.05) is 36.5 Å². The number of aromatic nitrogens is 1. The van der Waals surface area contributed by atoms with E-state index >= 15 is 0 Å². The number of ether oxygens (including phenoxy) is 2. The third-order valence-corrected chi connectivity index (χ3v) is 5.28. The zero-order valence-electron chi connectivity index (χ0n) is 15.8. The van der Waals surface area contributed by atoms with Crippen LogP contribution in [0.4, 0.5) is 0 Å². The van der Waals surface area contributed by atoms with Gasteiger partial charge in [-0.15, -0.1) is 0 Å². The van der Waals surface area contributed by atoms with Crippen molar-refractivity contribution >= 4 is 11.7 Å². The molecule has 0 saturated carbocycles. The van der Waals surface area contributed by atoms with Gasteiger partial charge in [-0.3, -0.25) is 19.0 Å². The van der Waals surface area contributed by atoms with Crippen LogP contribution in [0.25, 0.3) is 5.69 Å². The predicted octanol–water partition coefficient (Wildman–Crippen LogP) is 1.84. The predicted molar refractivity (Wildman–Crippen MR) is 103 cm³/mol. The number of carbonyl (C=O) groups is 2. The fourth-order valence-electron chi connectivity index (χ4n) is 3.79. The van der Waals surface area contributed by atoms with E-state index in [-0.39, 0.29) is 17.3 Å². The van der Waals surface area contributed by atoms with Crippen LogP contribution in [0.5, 0.6) is 5.75 Å². The van der Waals surface area contributed by atoms with E-state index in [1.807, 2.05) is 0 Å². The second-order valence-electron chi connectivity index (χ2n) is 6.94. The van der Waals surface area contributed by atoms with Crippen molar-refractivity contribution in [1.29, 1.82) is 0 Å². The minimum Gasteiger partial charge on any atom is -0.497 e. The molecule has 2 heterocycles. The van der Waals surface area contributed by atoms with Crippen molar-refractivity contribution < 1.29 is 19.1 Å². The van der Waals surface area contributed by atoms with Crippen LogP contribution in [0.3, 0.4) is 0 Å². The van der Waals surface area contributed by atoms with Gasteiger partial charge >= 0.3 is 0 Å². The molecule has 7 nitrogen and oxygen atoms in total. The van der Waals surface area contributed by atoms with Crippen LogP contribution < -0.4 is 10.3 Å². The maximum absolute atomic E-state index is 13.3. The Kier molecular flexibility index (Phi) is 5.00. The van der Waals surface area contributed by atoms with Gasteiger partial charge in [0.15, 0.2) is 5.78 Å². The molecule has 0 N–H and O–H groups in total. The lowest BCUT2D eigenvalue weighted by molar-refractivity contribution is 0.0301. The number of ketones is 1. The van der Waals surface area contributed by atoms with Crippen LogP contribution in [0.15, 0.2) is 35.1 Å². The molecular weight excluding hydrogens is 360 g/mol. The number of nitrogens with zero attached hydrogens (tertiary/aromatic N) is 2. The van der Waals surface area contributed by atoms with Crippen molar-refractivity contribution in [2.24, 2.45) is 0 Å². The number of methoxy groups -OCH3 is 1. The van der Waals surface area contributed by atoms with E-state index in [0.717, 1.165) is 0 Å². The van der Waals surface area contributed by atoms with Crippen molar-refractivity contribution in [1.82, 2.24) is 9.47 Å². The third-order valence-electron chi connectivity index (χ3n) is 5.28. The third kappa shape index (κ3) is 3.22. The smallest absolute Gasteiger partial charge is 0.268 e. The first-order valence-corrected chi connectivity index (χ1v) is 9.43. The lowest BCUT2D eigenvalue weighted by Gasteiger charge is -2.28. The van der Waals surface area contributed by atoms with Gasteiger partial charge in [0.1, 0.15) is 11.3 Å². The summed E-state index contributed by atoms with van der Waals surface area (Å²) in [5, 5.41) is 0. The minimum absolute atomic E-state index is 0.0282. The molecule has 1 aliphatic carbocycles. The van der Waals surface area contributed by atoms with Gasteiger partial charge in [0.2, 0.25) is 0 Å². The number of morpholine rings is 1. The van der Waals surface area contributed by atoms with Crippen molar-refractivity contribution in [3.63, 3.8) is 0 Å². The Balaban J connectivity index is 1.88. The van der Waals surface area contributed by atoms with Crippen LogP contribution >= 0.6 is 0 Å². The first-order valence-electron chi connectivity index (χ1n) is 9.43. The Morgan fingerprint density at radius 2 is 1.79 bits per heavy atom. The fraction of sp³-hybridized carbons (Fsp3) is 0.381. The second-order valence-corrected chi connectivity index (χ2v) is 6.94. The number of hydrogen-bond donors (Lipinski definition) is 0. The van der Waals surface area contributed by atoms with Gasteiger partial charge in [-0.1, -0.05) is 0 Å². The summed E-state index contributed by atoms with van der Waals surface area (Å²) in [7, 11) is 1.57. The molecule has 1 aromatic heterocycles. The van der Waals surface area contributed by atoms with Crippen molar-refractivity contribution in [3.05, 3.63) is 57.5 Å². The quantitative estimate of drug-likeness (QED) is 0.810. The Labute approximate surface area is 162 Å². The highest BCUT2D eigenvalue weighted by Crippen LogP contribution is 2.25. The molecule has 0 radical (unpaired) electrons. The van der Waals surface area contributed by atoms with Gasteiger partial charge in [-0.05, 0) is 43.2 Å². The molecule has 2 aliphatic rings. The summed E-state index contributed by atoms with van der Waals surface area (Å²) < 4.78 is 12.0. The number of Topliss-reactive ketones (excluding diaryl/α,β-unsaturated/α-hetero) is 1. The van der Waals surface area contributed by atoms with Gasteiger partial charge < -0.3 is 14.4 Å². The van der Waals surface area contributed by atoms with E-state index in [1.54, 1.807) is 36.3 Å². The van der Waals surface area contributed by atoms with E-state index < -0.39 is 5.56 Å². The van der Waals surface area contributed by atoms with E-state index in [4.69, 9.17) is 9.47 Å². The second kappa shape index (κ2) is 7.59. The average Bonchev–Trinajstić information content (AvgIpc) is 2.74. The summed E-state index contributed by atoms with van der Waals surface area (Å²) in [4.78, 5) is 40.5. The lowest BCUT2D eigenvalue weighted by atomic mass is 9.92. The Bertz CT molecular complexity index is 972. The largest absolute Gasteiger partial charge is 0.497 e. The number of amides is 1. The van der Waals surface area contributed by atoms with Gasteiger partial charge in [0.25, 0.3) is 11.5 Å². The molecule has 0 spiro atoms. The van der Waals surface area contributed by atoms with Crippen molar-refractivity contribution in [2.45, 2.75) is 19.3 Å². The van der Waals surface area contributed by atoms with Crippen LogP contribution in [0, 0.1) is 0 Å². The summed E-state index contributed by atoms with van der Waals surface area (Å²) in [6.45, 7) is 1.77. The molecule has 1 amide bonds. The number of carbonyl (C=O) groups excluding carboxylic acids is 2.